The molecule has 0 spiro atoms. The van der Waals surface area contributed by atoms with Crippen molar-refractivity contribution in [3.63, 3.8) is 0 Å². The number of nitrogens with zero attached hydrogens (tertiary/aromatic N) is 4. The Bertz CT molecular complexity index is 423. The standard InChI is InChI=1S/C7H6N2.C2H3N3/c1-2-4-9-6-8-5-7(9)3-1;1-2-4-5-3-1/h1-6H;1-2H,(H,3,4,5). The Morgan fingerprint density at radius 2 is 2.00 bits per heavy atom. The summed E-state index contributed by atoms with van der Waals surface area (Å²) < 4.78 is 1.97. The number of H-pyrrole nitrogens is 1. The maximum absolute atomic E-state index is 3.96. The maximum atomic E-state index is 3.96. The van der Waals surface area contributed by atoms with Gasteiger partial charge < -0.3 is 4.40 Å². The van der Waals surface area contributed by atoms with E-state index in [0.29, 0.717) is 0 Å². The zero-order valence-corrected chi connectivity index (χ0v) is 7.41. The van der Waals surface area contributed by atoms with Crippen molar-refractivity contribution in [3.05, 3.63) is 49.3 Å². The molecule has 5 nitrogen and oxygen atoms in total. The molecule has 0 aliphatic heterocycles. The first kappa shape index (κ1) is 8.43. The summed E-state index contributed by atoms with van der Waals surface area (Å²) in [4.78, 5) is 3.96. The lowest BCUT2D eigenvalue weighted by molar-refractivity contribution is 0.940. The Kier molecular flexibility index (Phi) is 2.51. The van der Waals surface area contributed by atoms with Gasteiger partial charge in [-0.1, -0.05) is 6.07 Å². The van der Waals surface area contributed by atoms with Gasteiger partial charge in [-0.2, -0.15) is 15.4 Å². The molecule has 14 heavy (non-hydrogen) atoms. The first-order valence-electron chi connectivity index (χ1n) is 4.13. The molecule has 0 unspecified atom stereocenters. The van der Waals surface area contributed by atoms with Crippen LogP contribution >= 0.6 is 0 Å². The van der Waals surface area contributed by atoms with Crippen LogP contribution in [0, 0.1) is 0 Å². The molecule has 0 aromatic carbocycles. The average molecular weight is 187 g/mol. The summed E-state index contributed by atoms with van der Waals surface area (Å²) in [6.45, 7) is 0. The first-order valence-corrected chi connectivity index (χ1v) is 4.13. The number of nitrogens with one attached hydrogen (secondary N) is 1. The largest absolute Gasteiger partial charge is 0.306 e. The van der Waals surface area contributed by atoms with Gasteiger partial charge in [0.1, 0.15) is 0 Å². The van der Waals surface area contributed by atoms with Gasteiger partial charge >= 0.3 is 0 Å². The van der Waals surface area contributed by atoms with Crippen LogP contribution in [0.15, 0.2) is 49.3 Å². The van der Waals surface area contributed by atoms with E-state index < -0.39 is 0 Å². The van der Waals surface area contributed by atoms with Crippen LogP contribution in [0.5, 0.6) is 0 Å². The van der Waals surface area contributed by atoms with E-state index in [9.17, 15) is 0 Å². The molecule has 0 aliphatic rings. The Balaban J connectivity index is 0.000000128. The predicted molar refractivity (Wildman–Crippen MR) is 51.6 cm³/mol. The summed E-state index contributed by atoms with van der Waals surface area (Å²) in [6.07, 6.45) is 8.76. The zero-order chi connectivity index (χ0) is 9.64. The Labute approximate surface area is 80.4 Å². The molecule has 0 atom stereocenters. The van der Waals surface area contributed by atoms with Crippen molar-refractivity contribution in [2.75, 3.05) is 0 Å². The van der Waals surface area contributed by atoms with Gasteiger partial charge in [0, 0.05) is 6.20 Å². The van der Waals surface area contributed by atoms with E-state index >= 15 is 0 Å². The van der Waals surface area contributed by atoms with Gasteiger partial charge in [0.15, 0.2) is 0 Å². The maximum Gasteiger partial charge on any atom is 0.0991 e. The molecule has 3 aromatic heterocycles. The molecule has 1 N–H and O–H groups in total. The minimum atomic E-state index is 1.14. The molecule has 0 saturated carbocycles. The van der Waals surface area contributed by atoms with Gasteiger partial charge in [0.05, 0.1) is 30.4 Å². The number of hydrogen-bond acceptors (Lipinski definition) is 3. The third-order valence-corrected chi connectivity index (χ3v) is 1.65. The fraction of sp³-hybridized carbons (Fsp3) is 0. The van der Waals surface area contributed by atoms with Crippen LogP contribution in [0.1, 0.15) is 0 Å². The summed E-state index contributed by atoms with van der Waals surface area (Å²) in [7, 11) is 0. The third kappa shape index (κ3) is 1.95. The predicted octanol–water partition coefficient (Wildman–Crippen LogP) is 1.14. The highest BCUT2D eigenvalue weighted by atomic mass is 15.3. The molecule has 0 fully saturated rings. The molecular formula is C9H9N5. The Hall–Kier alpha value is -2.17. The van der Waals surface area contributed by atoms with E-state index in [1.165, 1.54) is 0 Å². The summed E-state index contributed by atoms with van der Waals surface area (Å²) in [5.74, 6) is 0. The van der Waals surface area contributed by atoms with Crippen molar-refractivity contribution in [2.24, 2.45) is 0 Å². The van der Waals surface area contributed by atoms with Crippen molar-refractivity contribution < 1.29 is 0 Å². The molecule has 0 radical (unpaired) electrons. The second-order valence-corrected chi connectivity index (χ2v) is 2.58. The van der Waals surface area contributed by atoms with Crippen molar-refractivity contribution in [2.45, 2.75) is 0 Å². The van der Waals surface area contributed by atoms with E-state index in [-0.39, 0.29) is 0 Å². The van der Waals surface area contributed by atoms with Crippen molar-refractivity contribution >= 4 is 5.52 Å². The third-order valence-electron chi connectivity index (χ3n) is 1.65. The molecule has 3 rings (SSSR count). The molecule has 5 heteroatoms. The lowest BCUT2D eigenvalue weighted by atomic mass is 10.4. The molecule has 0 bridgehead atoms. The number of rotatable bonds is 0. The second-order valence-electron chi connectivity index (χ2n) is 2.58. The van der Waals surface area contributed by atoms with E-state index in [1.807, 2.05) is 35.0 Å². The molecule has 3 aromatic rings. The van der Waals surface area contributed by atoms with Gasteiger partial charge in [-0.3, -0.25) is 0 Å². The number of imidazole rings is 1. The molecule has 70 valence electrons. The number of pyridine rings is 1. The summed E-state index contributed by atoms with van der Waals surface area (Å²) in [6, 6.07) is 6.00. The van der Waals surface area contributed by atoms with E-state index in [4.69, 9.17) is 0 Å². The van der Waals surface area contributed by atoms with Crippen LogP contribution in [0.2, 0.25) is 0 Å². The van der Waals surface area contributed by atoms with E-state index in [0.717, 1.165) is 5.52 Å². The SMILES string of the molecule is c1ccn2cncc2c1.c1cn[nH]n1. The van der Waals surface area contributed by atoms with Crippen molar-refractivity contribution in [1.82, 2.24) is 24.8 Å². The normalized spacial score (nSPS) is 9.43. The monoisotopic (exact) mass is 187 g/mol. The van der Waals surface area contributed by atoms with Crippen LogP contribution in [-0.4, -0.2) is 24.8 Å². The molecular weight excluding hydrogens is 178 g/mol. The second kappa shape index (κ2) is 4.18. The van der Waals surface area contributed by atoms with Crippen molar-refractivity contribution in [1.29, 1.82) is 0 Å². The van der Waals surface area contributed by atoms with Crippen molar-refractivity contribution in [3.8, 4) is 0 Å². The average Bonchev–Trinajstić information content (AvgIpc) is 2.92. The van der Waals surface area contributed by atoms with Crippen LogP contribution in [0.25, 0.3) is 5.52 Å². The quantitative estimate of drug-likeness (QED) is 0.574. The fourth-order valence-electron chi connectivity index (χ4n) is 1.03. The highest BCUT2D eigenvalue weighted by molar-refractivity contribution is 5.43. The summed E-state index contributed by atoms with van der Waals surface area (Å²) in [5.41, 5.74) is 1.14. The Morgan fingerprint density at radius 3 is 2.64 bits per heavy atom. The lowest BCUT2D eigenvalue weighted by Gasteiger charge is -1.86. The Morgan fingerprint density at radius 1 is 1.14 bits per heavy atom. The number of aromatic nitrogens is 5. The zero-order valence-electron chi connectivity index (χ0n) is 7.41. The van der Waals surface area contributed by atoms with E-state index in [2.05, 4.69) is 20.4 Å². The topological polar surface area (TPSA) is 58.9 Å². The smallest absolute Gasteiger partial charge is 0.0991 e. The summed E-state index contributed by atoms with van der Waals surface area (Å²) >= 11 is 0. The van der Waals surface area contributed by atoms with Gasteiger partial charge in [0.2, 0.25) is 0 Å². The molecule has 3 heterocycles. The van der Waals surface area contributed by atoms with Gasteiger partial charge in [-0.25, -0.2) is 4.98 Å². The van der Waals surface area contributed by atoms with Gasteiger partial charge in [0.25, 0.3) is 0 Å². The highest BCUT2D eigenvalue weighted by Crippen LogP contribution is 1.98. The highest BCUT2D eigenvalue weighted by Gasteiger charge is 1.85. The molecule has 0 aliphatic carbocycles. The number of aromatic amines is 1. The van der Waals surface area contributed by atoms with Gasteiger partial charge in [-0.05, 0) is 12.1 Å². The lowest BCUT2D eigenvalue weighted by Crippen LogP contribution is -1.75. The van der Waals surface area contributed by atoms with E-state index in [1.54, 1.807) is 18.7 Å². The van der Waals surface area contributed by atoms with Crippen LogP contribution in [0.4, 0.5) is 0 Å². The minimum absolute atomic E-state index is 1.14. The van der Waals surface area contributed by atoms with Gasteiger partial charge in [-0.15, -0.1) is 0 Å². The minimum Gasteiger partial charge on any atom is -0.306 e. The van der Waals surface area contributed by atoms with Crippen LogP contribution in [0.3, 0.4) is 0 Å². The first-order chi connectivity index (χ1) is 6.97. The van der Waals surface area contributed by atoms with Crippen LogP contribution in [-0.2, 0) is 0 Å². The molecule has 0 amide bonds. The fourth-order valence-corrected chi connectivity index (χ4v) is 1.03. The number of hydrogen-bond donors (Lipinski definition) is 1. The summed E-state index contributed by atoms with van der Waals surface area (Å²) in [5, 5.41) is 9.33. The number of fused-ring (bicyclic) bond motifs is 1. The molecule has 0 saturated heterocycles. The van der Waals surface area contributed by atoms with Crippen LogP contribution < -0.4 is 0 Å².